The topological polar surface area (TPSA) is 32.3 Å². The van der Waals surface area contributed by atoms with Crippen molar-refractivity contribution in [1.29, 1.82) is 0 Å². The summed E-state index contributed by atoms with van der Waals surface area (Å²) in [4.78, 5) is 1.32. The Kier molecular flexibility index (Phi) is 4.97. The van der Waals surface area contributed by atoms with Gasteiger partial charge in [-0.1, -0.05) is 50.2 Å². The highest BCUT2D eigenvalue weighted by Gasteiger charge is 2.25. The van der Waals surface area contributed by atoms with Gasteiger partial charge in [0.1, 0.15) is 0 Å². The smallest absolute Gasteiger partial charge is 0.0992 e. The SMILES string of the molecule is CC(C)C(NCC(C)(O)c1ccccc1)c1cccs1. The van der Waals surface area contributed by atoms with Gasteiger partial charge in [0.05, 0.1) is 5.60 Å². The van der Waals surface area contributed by atoms with E-state index >= 15 is 0 Å². The summed E-state index contributed by atoms with van der Waals surface area (Å²) in [6.07, 6.45) is 0. The molecule has 2 aromatic rings. The molecule has 0 aliphatic carbocycles. The highest BCUT2D eigenvalue weighted by molar-refractivity contribution is 7.10. The van der Waals surface area contributed by atoms with Crippen LogP contribution in [0, 0.1) is 5.92 Å². The molecule has 2 unspecified atom stereocenters. The molecule has 0 aliphatic rings. The molecule has 2 atom stereocenters. The fourth-order valence-corrected chi connectivity index (χ4v) is 3.31. The largest absolute Gasteiger partial charge is 0.384 e. The molecule has 2 nitrogen and oxygen atoms in total. The first-order chi connectivity index (χ1) is 9.50. The normalized spacial score (nSPS) is 16.1. The number of rotatable bonds is 6. The molecule has 0 spiro atoms. The number of hydrogen-bond acceptors (Lipinski definition) is 3. The van der Waals surface area contributed by atoms with Gasteiger partial charge in [-0.3, -0.25) is 0 Å². The number of nitrogens with one attached hydrogen (secondary N) is 1. The van der Waals surface area contributed by atoms with Crippen LogP contribution in [0.3, 0.4) is 0 Å². The van der Waals surface area contributed by atoms with Gasteiger partial charge < -0.3 is 10.4 Å². The van der Waals surface area contributed by atoms with E-state index in [1.54, 1.807) is 11.3 Å². The molecule has 2 N–H and O–H groups in total. The van der Waals surface area contributed by atoms with E-state index < -0.39 is 5.60 Å². The summed E-state index contributed by atoms with van der Waals surface area (Å²) in [6.45, 7) is 6.81. The van der Waals surface area contributed by atoms with E-state index in [0.29, 0.717) is 12.5 Å². The summed E-state index contributed by atoms with van der Waals surface area (Å²) >= 11 is 1.76. The second-order valence-electron chi connectivity index (χ2n) is 5.76. The standard InChI is InChI=1S/C17H23NOS/c1-13(2)16(15-10-7-11-20-15)18-12-17(3,19)14-8-5-4-6-9-14/h4-11,13,16,18-19H,12H2,1-3H3. The average molecular weight is 289 g/mol. The Balaban J connectivity index is 2.06. The second-order valence-corrected chi connectivity index (χ2v) is 6.74. The van der Waals surface area contributed by atoms with E-state index in [-0.39, 0.29) is 6.04 Å². The zero-order valence-electron chi connectivity index (χ0n) is 12.3. The molecule has 0 bridgehead atoms. The zero-order chi connectivity index (χ0) is 14.6. The summed E-state index contributed by atoms with van der Waals surface area (Å²) in [5, 5.41) is 16.3. The molecule has 0 amide bonds. The minimum atomic E-state index is -0.855. The minimum absolute atomic E-state index is 0.283. The summed E-state index contributed by atoms with van der Waals surface area (Å²) in [6, 6.07) is 14.3. The van der Waals surface area contributed by atoms with Crippen LogP contribution in [-0.2, 0) is 5.60 Å². The van der Waals surface area contributed by atoms with Crippen LogP contribution in [0.4, 0.5) is 0 Å². The van der Waals surface area contributed by atoms with Gasteiger partial charge in [0.2, 0.25) is 0 Å². The molecule has 0 saturated carbocycles. The van der Waals surface area contributed by atoms with Crippen molar-refractivity contribution in [3.63, 3.8) is 0 Å². The molecule has 108 valence electrons. The van der Waals surface area contributed by atoms with Gasteiger partial charge in [-0.05, 0) is 29.9 Å². The van der Waals surface area contributed by atoms with Crippen LogP contribution in [0.1, 0.15) is 37.3 Å². The molecule has 20 heavy (non-hydrogen) atoms. The molecule has 1 aromatic heterocycles. The van der Waals surface area contributed by atoms with Crippen LogP contribution < -0.4 is 5.32 Å². The predicted octanol–water partition coefficient (Wildman–Crippen LogP) is 3.94. The Bertz CT molecular complexity index is 505. The molecule has 0 aliphatic heterocycles. The number of benzene rings is 1. The van der Waals surface area contributed by atoms with E-state index in [9.17, 15) is 5.11 Å². The lowest BCUT2D eigenvalue weighted by molar-refractivity contribution is 0.0520. The quantitative estimate of drug-likeness (QED) is 0.844. The van der Waals surface area contributed by atoms with Crippen molar-refractivity contribution in [2.75, 3.05) is 6.54 Å². The summed E-state index contributed by atoms with van der Waals surface area (Å²) in [5.74, 6) is 0.486. The van der Waals surface area contributed by atoms with Crippen LogP contribution in [0.2, 0.25) is 0 Å². The first kappa shape index (κ1) is 15.2. The van der Waals surface area contributed by atoms with Gasteiger partial charge in [0, 0.05) is 17.5 Å². The van der Waals surface area contributed by atoms with Crippen molar-refractivity contribution in [3.8, 4) is 0 Å². The molecule has 0 saturated heterocycles. The maximum absolute atomic E-state index is 10.7. The first-order valence-corrected chi connectivity index (χ1v) is 7.93. The Morgan fingerprint density at radius 3 is 2.40 bits per heavy atom. The molecular weight excluding hydrogens is 266 g/mol. The van der Waals surface area contributed by atoms with Gasteiger partial charge in [0.15, 0.2) is 0 Å². The van der Waals surface area contributed by atoms with Crippen LogP contribution >= 0.6 is 11.3 Å². The van der Waals surface area contributed by atoms with Crippen LogP contribution in [0.25, 0.3) is 0 Å². The second kappa shape index (κ2) is 6.53. The van der Waals surface area contributed by atoms with E-state index in [0.717, 1.165) is 5.56 Å². The lowest BCUT2D eigenvalue weighted by atomic mass is 9.94. The van der Waals surface area contributed by atoms with Gasteiger partial charge in [-0.25, -0.2) is 0 Å². The van der Waals surface area contributed by atoms with Crippen molar-refractivity contribution < 1.29 is 5.11 Å². The van der Waals surface area contributed by atoms with Crippen LogP contribution in [-0.4, -0.2) is 11.7 Å². The number of hydrogen-bond donors (Lipinski definition) is 2. The van der Waals surface area contributed by atoms with E-state index in [1.165, 1.54) is 4.88 Å². The Labute approximate surface area is 125 Å². The van der Waals surface area contributed by atoms with Gasteiger partial charge in [0.25, 0.3) is 0 Å². The van der Waals surface area contributed by atoms with E-state index in [4.69, 9.17) is 0 Å². The molecule has 2 rings (SSSR count). The minimum Gasteiger partial charge on any atom is -0.384 e. The molecule has 0 radical (unpaired) electrons. The molecule has 0 fully saturated rings. The highest BCUT2D eigenvalue weighted by Crippen LogP contribution is 2.27. The van der Waals surface area contributed by atoms with Crippen molar-refractivity contribution in [2.24, 2.45) is 5.92 Å². The molecule has 3 heteroatoms. The predicted molar refractivity (Wildman–Crippen MR) is 85.9 cm³/mol. The van der Waals surface area contributed by atoms with Crippen molar-refractivity contribution in [3.05, 3.63) is 58.3 Å². The van der Waals surface area contributed by atoms with Crippen LogP contribution in [0.15, 0.2) is 47.8 Å². The lowest BCUT2D eigenvalue weighted by Gasteiger charge is -2.29. The van der Waals surface area contributed by atoms with Crippen LogP contribution in [0.5, 0.6) is 0 Å². The maximum atomic E-state index is 10.7. The van der Waals surface area contributed by atoms with Crippen molar-refractivity contribution >= 4 is 11.3 Å². The first-order valence-electron chi connectivity index (χ1n) is 7.05. The summed E-state index contributed by atoms with van der Waals surface area (Å²) in [7, 11) is 0. The zero-order valence-corrected chi connectivity index (χ0v) is 13.2. The fraction of sp³-hybridized carbons (Fsp3) is 0.412. The fourth-order valence-electron chi connectivity index (χ4n) is 2.34. The number of aliphatic hydroxyl groups is 1. The van der Waals surface area contributed by atoms with Gasteiger partial charge in [-0.15, -0.1) is 11.3 Å². The van der Waals surface area contributed by atoms with E-state index in [2.05, 4.69) is 36.7 Å². The molecular formula is C17H23NOS. The monoisotopic (exact) mass is 289 g/mol. The molecule has 1 heterocycles. The Morgan fingerprint density at radius 2 is 1.85 bits per heavy atom. The lowest BCUT2D eigenvalue weighted by Crippen LogP contribution is -2.38. The number of thiophene rings is 1. The average Bonchev–Trinajstić information content (AvgIpc) is 2.93. The Hall–Kier alpha value is -1.16. The third kappa shape index (κ3) is 3.69. The summed E-state index contributed by atoms with van der Waals surface area (Å²) in [5.41, 5.74) is 0.0900. The third-order valence-corrected chi connectivity index (χ3v) is 4.53. The van der Waals surface area contributed by atoms with Gasteiger partial charge >= 0.3 is 0 Å². The third-order valence-electron chi connectivity index (χ3n) is 3.58. The Morgan fingerprint density at radius 1 is 1.15 bits per heavy atom. The van der Waals surface area contributed by atoms with Crippen molar-refractivity contribution in [2.45, 2.75) is 32.4 Å². The molecule has 1 aromatic carbocycles. The highest BCUT2D eigenvalue weighted by atomic mass is 32.1. The summed E-state index contributed by atoms with van der Waals surface area (Å²) < 4.78 is 0. The van der Waals surface area contributed by atoms with Gasteiger partial charge in [-0.2, -0.15) is 0 Å². The van der Waals surface area contributed by atoms with Crippen molar-refractivity contribution in [1.82, 2.24) is 5.32 Å². The maximum Gasteiger partial charge on any atom is 0.0992 e. The van der Waals surface area contributed by atoms with E-state index in [1.807, 2.05) is 37.3 Å².